The number of H-pyrrole nitrogens is 1. The summed E-state index contributed by atoms with van der Waals surface area (Å²) in [7, 11) is 4.05. The molecule has 0 unspecified atom stereocenters. The van der Waals surface area contributed by atoms with Crippen LogP contribution in [0.2, 0.25) is 0 Å². The molecule has 0 spiro atoms. The van der Waals surface area contributed by atoms with Gasteiger partial charge in [-0.2, -0.15) is 5.10 Å². The molecule has 1 aliphatic heterocycles. The van der Waals surface area contributed by atoms with Gasteiger partial charge in [0.2, 0.25) is 5.91 Å². The number of anilines is 2. The first-order valence-corrected chi connectivity index (χ1v) is 13.9. The van der Waals surface area contributed by atoms with Gasteiger partial charge in [-0.05, 0) is 51.9 Å². The summed E-state index contributed by atoms with van der Waals surface area (Å²) < 4.78 is 11.7. The van der Waals surface area contributed by atoms with E-state index < -0.39 is 0 Å². The molecule has 1 aliphatic carbocycles. The number of ether oxygens (including phenoxy) is 2. The van der Waals surface area contributed by atoms with E-state index in [1.54, 1.807) is 23.9 Å². The van der Waals surface area contributed by atoms with Crippen molar-refractivity contribution in [1.82, 2.24) is 30.0 Å². The van der Waals surface area contributed by atoms with E-state index in [1.165, 1.54) is 10.4 Å². The smallest absolute Gasteiger partial charge is 0.226 e. The molecule has 6 rings (SSSR count). The third kappa shape index (κ3) is 4.81. The van der Waals surface area contributed by atoms with Gasteiger partial charge in [0, 0.05) is 35.3 Å². The minimum absolute atomic E-state index is 0.000628. The maximum atomic E-state index is 13.4. The molecule has 38 heavy (non-hydrogen) atoms. The predicted molar refractivity (Wildman–Crippen MR) is 148 cm³/mol. The minimum Gasteiger partial charge on any atom is -0.490 e. The zero-order valence-electron chi connectivity index (χ0n) is 22.0. The minimum atomic E-state index is 0.000628. The number of nitrogens with zero attached hydrogens (tertiary/aromatic N) is 5. The highest BCUT2D eigenvalue weighted by atomic mass is 32.1. The molecule has 1 fully saturated rings. The number of aryl methyl sites for hydroxylation is 1. The highest BCUT2D eigenvalue weighted by molar-refractivity contribution is 7.19. The molecule has 4 heterocycles. The Morgan fingerprint density at radius 2 is 2.24 bits per heavy atom. The highest BCUT2D eigenvalue weighted by Gasteiger charge is 2.34. The molecule has 1 saturated heterocycles. The van der Waals surface area contributed by atoms with Crippen molar-refractivity contribution in [2.45, 2.75) is 32.2 Å². The summed E-state index contributed by atoms with van der Waals surface area (Å²) in [6.45, 7) is 5.34. The van der Waals surface area contributed by atoms with Crippen LogP contribution in [0.4, 0.5) is 11.5 Å². The molecular formula is C27H33N7O3S. The fourth-order valence-electron chi connectivity index (χ4n) is 5.36. The zero-order valence-corrected chi connectivity index (χ0v) is 22.8. The van der Waals surface area contributed by atoms with Crippen molar-refractivity contribution in [1.29, 1.82) is 0 Å². The molecule has 0 radical (unpaired) electrons. The Morgan fingerprint density at radius 3 is 3.08 bits per heavy atom. The van der Waals surface area contributed by atoms with Gasteiger partial charge in [0.25, 0.3) is 0 Å². The van der Waals surface area contributed by atoms with E-state index in [0.717, 1.165) is 64.2 Å². The lowest BCUT2D eigenvalue weighted by atomic mass is 9.86. The van der Waals surface area contributed by atoms with Gasteiger partial charge in [0.15, 0.2) is 0 Å². The van der Waals surface area contributed by atoms with E-state index in [9.17, 15) is 4.79 Å². The van der Waals surface area contributed by atoms with E-state index >= 15 is 0 Å². The second kappa shape index (κ2) is 10.5. The SMILES string of the molecule is C[C@H]1COCCN1C(=O)[C@H]1CCc2c(sc3ncnc(Nc4cc5cn[nH]c5cc4OCCN(C)C)c23)C1. The number of hydrogen-bond acceptors (Lipinski definition) is 9. The predicted octanol–water partition coefficient (Wildman–Crippen LogP) is 3.60. The number of aromatic nitrogens is 4. The van der Waals surface area contributed by atoms with Gasteiger partial charge < -0.3 is 24.6 Å². The number of nitrogens with one attached hydrogen (secondary N) is 2. The Morgan fingerprint density at radius 1 is 1.34 bits per heavy atom. The van der Waals surface area contributed by atoms with Gasteiger partial charge in [0.1, 0.15) is 29.3 Å². The van der Waals surface area contributed by atoms with Crippen LogP contribution in [0.5, 0.6) is 5.75 Å². The number of amides is 1. The number of aromatic amines is 1. The number of fused-ring (bicyclic) bond motifs is 4. The van der Waals surface area contributed by atoms with Crippen molar-refractivity contribution in [3.8, 4) is 5.75 Å². The number of rotatable bonds is 7. The largest absolute Gasteiger partial charge is 0.490 e. The summed E-state index contributed by atoms with van der Waals surface area (Å²) in [5, 5.41) is 12.8. The van der Waals surface area contributed by atoms with Crippen LogP contribution >= 0.6 is 11.3 Å². The summed E-state index contributed by atoms with van der Waals surface area (Å²) in [5.41, 5.74) is 3.01. The summed E-state index contributed by atoms with van der Waals surface area (Å²) >= 11 is 1.68. The molecule has 11 heteroatoms. The van der Waals surface area contributed by atoms with Crippen LogP contribution < -0.4 is 10.1 Å². The Bertz CT molecular complexity index is 1470. The van der Waals surface area contributed by atoms with Crippen LogP contribution in [0.15, 0.2) is 24.7 Å². The number of morpholine rings is 1. The number of thiophene rings is 1. The van der Waals surface area contributed by atoms with Gasteiger partial charge in [-0.3, -0.25) is 9.89 Å². The molecule has 2 atom stereocenters. The number of carbonyl (C=O) groups excluding carboxylic acids is 1. The van der Waals surface area contributed by atoms with E-state index in [2.05, 4.69) is 37.3 Å². The summed E-state index contributed by atoms with van der Waals surface area (Å²) in [6, 6.07) is 4.14. The Kier molecular flexibility index (Phi) is 6.89. The number of carbonyl (C=O) groups is 1. The lowest BCUT2D eigenvalue weighted by Crippen LogP contribution is -2.50. The van der Waals surface area contributed by atoms with Crippen LogP contribution in [-0.2, 0) is 22.4 Å². The third-order valence-electron chi connectivity index (χ3n) is 7.43. The molecule has 0 saturated carbocycles. The summed E-state index contributed by atoms with van der Waals surface area (Å²) in [6.07, 6.45) is 5.82. The van der Waals surface area contributed by atoms with Gasteiger partial charge in [0.05, 0.1) is 42.0 Å². The van der Waals surface area contributed by atoms with Crippen molar-refractivity contribution in [2.75, 3.05) is 52.3 Å². The fraction of sp³-hybridized carbons (Fsp3) is 0.481. The number of benzene rings is 1. The van der Waals surface area contributed by atoms with Crippen molar-refractivity contribution in [2.24, 2.45) is 5.92 Å². The second-order valence-corrected chi connectivity index (χ2v) is 11.5. The van der Waals surface area contributed by atoms with Gasteiger partial charge in [-0.25, -0.2) is 9.97 Å². The molecule has 1 amide bonds. The molecule has 3 aromatic heterocycles. The Hall–Kier alpha value is -3.28. The molecule has 0 bridgehead atoms. The molecule has 2 aliphatic rings. The van der Waals surface area contributed by atoms with Gasteiger partial charge in [-0.1, -0.05) is 0 Å². The molecule has 1 aromatic carbocycles. The Balaban J connectivity index is 1.29. The average Bonchev–Trinajstić information content (AvgIpc) is 3.52. The van der Waals surface area contributed by atoms with Crippen LogP contribution in [0.25, 0.3) is 21.1 Å². The summed E-state index contributed by atoms with van der Waals surface area (Å²) in [5.74, 6) is 1.76. The molecule has 2 N–H and O–H groups in total. The number of likely N-dealkylation sites (N-methyl/N-ethyl adjacent to an activating group) is 1. The monoisotopic (exact) mass is 535 g/mol. The summed E-state index contributed by atoms with van der Waals surface area (Å²) in [4.78, 5) is 28.9. The van der Waals surface area contributed by atoms with Gasteiger partial charge >= 0.3 is 0 Å². The molecule has 4 aromatic rings. The lowest BCUT2D eigenvalue weighted by Gasteiger charge is -2.36. The fourth-order valence-corrected chi connectivity index (χ4v) is 6.63. The van der Waals surface area contributed by atoms with E-state index in [-0.39, 0.29) is 17.9 Å². The molecular weight excluding hydrogens is 502 g/mol. The highest BCUT2D eigenvalue weighted by Crippen LogP contribution is 2.42. The van der Waals surface area contributed by atoms with Crippen molar-refractivity contribution < 1.29 is 14.3 Å². The Labute approximate surface area is 225 Å². The standard InChI is InChI=1S/C27H33N7O3S/c1-16-14-36-8-7-34(16)27(35)17-4-5-19-23(11-17)38-26-24(19)25(28-15-29-26)31-21-10-18-13-30-32-20(18)12-22(21)37-9-6-33(2)3/h10,12-13,15-17H,4-9,11,14H2,1-3H3,(H,30,32)(H,28,29,31)/t16-,17-/m0/s1. The lowest BCUT2D eigenvalue weighted by molar-refractivity contribution is -0.143. The van der Waals surface area contributed by atoms with Crippen LogP contribution in [0.1, 0.15) is 23.8 Å². The van der Waals surface area contributed by atoms with E-state index in [4.69, 9.17) is 9.47 Å². The average molecular weight is 536 g/mol. The first-order valence-electron chi connectivity index (χ1n) is 13.1. The van der Waals surface area contributed by atoms with E-state index in [1.807, 2.05) is 31.1 Å². The van der Waals surface area contributed by atoms with Crippen LogP contribution in [0, 0.1) is 5.92 Å². The molecule has 200 valence electrons. The van der Waals surface area contributed by atoms with Crippen molar-refractivity contribution >= 4 is 49.9 Å². The first kappa shape index (κ1) is 25.0. The zero-order chi connectivity index (χ0) is 26.2. The van der Waals surface area contributed by atoms with Crippen LogP contribution in [0.3, 0.4) is 0 Å². The van der Waals surface area contributed by atoms with Gasteiger partial charge in [-0.15, -0.1) is 11.3 Å². The second-order valence-electron chi connectivity index (χ2n) is 10.4. The normalized spacial score (nSPS) is 19.7. The topological polar surface area (TPSA) is 108 Å². The third-order valence-corrected chi connectivity index (χ3v) is 8.60. The van der Waals surface area contributed by atoms with Crippen molar-refractivity contribution in [3.05, 3.63) is 35.1 Å². The quantitative estimate of drug-likeness (QED) is 0.370. The van der Waals surface area contributed by atoms with E-state index in [0.29, 0.717) is 26.4 Å². The maximum absolute atomic E-state index is 13.4. The van der Waals surface area contributed by atoms with Crippen molar-refractivity contribution in [3.63, 3.8) is 0 Å². The maximum Gasteiger partial charge on any atom is 0.226 e. The number of hydrogen-bond donors (Lipinski definition) is 2. The first-order chi connectivity index (χ1) is 18.5. The van der Waals surface area contributed by atoms with Crippen LogP contribution in [-0.4, -0.2) is 88.9 Å². The molecule has 10 nitrogen and oxygen atoms in total.